The molecule has 3 heteroatoms. The lowest BCUT2D eigenvalue weighted by Crippen LogP contribution is -2.29. The van der Waals surface area contributed by atoms with Crippen molar-refractivity contribution in [3.05, 3.63) is 18.2 Å². The zero-order valence-electron chi connectivity index (χ0n) is 6.75. The zero-order chi connectivity index (χ0) is 7.90. The molecule has 60 valence electrons. The number of nitrogens with two attached hydrogens (primary N) is 1. The van der Waals surface area contributed by atoms with Crippen LogP contribution in [0.4, 0.5) is 0 Å². The minimum Gasteiger partial charge on any atom is -0.334 e. The third-order valence-corrected chi connectivity index (χ3v) is 2.61. The molecule has 2 rings (SSSR count). The molecule has 0 spiro atoms. The highest BCUT2D eigenvalue weighted by Gasteiger charge is 2.34. The normalized spacial score (nSPS) is 28.9. The van der Waals surface area contributed by atoms with Gasteiger partial charge in [-0.2, -0.15) is 0 Å². The largest absolute Gasteiger partial charge is 0.334 e. The van der Waals surface area contributed by atoms with E-state index in [2.05, 4.69) is 16.5 Å². The van der Waals surface area contributed by atoms with Gasteiger partial charge in [-0.25, -0.2) is 4.98 Å². The molecular formula is C8H13N3. The molecular weight excluding hydrogens is 138 g/mol. The molecule has 0 bridgehead atoms. The van der Waals surface area contributed by atoms with Crippen LogP contribution in [0.25, 0.3) is 0 Å². The summed E-state index contributed by atoms with van der Waals surface area (Å²) in [5, 5.41) is 0. The number of aryl methyl sites for hydroxylation is 1. The molecule has 2 heterocycles. The third-order valence-electron chi connectivity index (χ3n) is 2.61. The number of imidazole rings is 1. The average molecular weight is 151 g/mol. The van der Waals surface area contributed by atoms with Gasteiger partial charge in [0, 0.05) is 30.9 Å². The molecule has 0 aliphatic carbocycles. The molecule has 0 saturated heterocycles. The van der Waals surface area contributed by atoms with Gasteiger partial charge in [0.1, 0.15) is 5.82 Å². The monoisotopic (exact) mass is 151 g/mol. The lowest BCUT2D eigenvalue weighted by atomic mass is 9.89. The minimum absolute atomic E-state index is 0.128. The first kappa shape index (κ1) is 6.85. The molecule has 1 aliphatic rings. The van der Waals surface area contributed by atoms with Crippen LogP contribution in [0.15, 0.2) is 12.4 Å². The van der Waals surface area contributed by atoms with Gasteiger partial charge in [0.2, 0.25) is 0 Å². The first-order valence-corrected chi connectivity index (χ1v) is 3.98. The van der Waals surface area contributed by atoms with Crippen LogP contribution in [0.3, 0.4) is 0 Å². The van der Waals surface area contributed by atoms with E-state index in [4.69, 9.17) is 5.73 Å². The smallest absolute Gasteiger partial charge is 0.115 e. The molecule has 0 saturated carbocycles. The second kappa shape index (κ2) is 2.08. The SMILES string of the molecule is CC1(CN)CCn2ccnc21. The fourth-order valence-electron chi connectivity index (χ4n) is 1.68. The van der Waals surface area contributed by atoms with Crippen LogP contribution >= 0.6 is 0 Å². The Balaban J connectivity index is 2.45. The van der Waals surface area contributed by atoms with Crippen molar-refractivity contribution in [2.24, 2.45) is 5.73 Å². The number of nitrogens with zero attached hydrogens (tertiary/aromatic N) is 2. The van der Waals surface area contributed by atoms with Crippen molar-refractivity contribution in [3.63, 3.8) is 0 Å². The second-order valence-corrected chi connectivity index (χ2v) is 3.46. The molecule has 1 atom stereocenters. The van der Waals surface area contributed by atoms with Gasteiger partial charge < -0.3 is 10.3 Å². The third kappa shape index (κ3) is 0.807. The summed E-state index contributed by atoms with van der Waals surface area (Å²) in [5.74, 6) is 1.15. The number of rotatable bonds is 1. The van der Waals surface area contributed by atoms with E-state index in [-0.39, 0.29) is 5.41 Å². The van der Waals surface area contributed by atoms with Gasteiger partial charge in [-0.3, -0.25) is 0 Å². The second-order valence-electron chi connectivity index (χ2n) is 3.46. The van der Waals surface area contributed by atoms with Crippen LogP contribution in [-0.4, -0.2) is 16.1 Å². The summed E-state index contributed by atoms with van der Waals surface area (Å²) in [6.45, 7) is 3.95. The number of hydrogen-bond acceptors (Lipinski definition) is 2. The Kier molecular flexibility index (Phi) is 1.29. The van der Waals surface area contributed by atoms with Crippen molar-refractivity contribution in [2.45, 2.75) is 25.3 Å². The van der Waals surface area contributed by atoms with E-state index < -0.39 is 0 Å². The van der Waals surface area contributed by atoms with Crippen molar-refractivity contribution >= 4 is 0 Å². The maximum absolute atomic E-state index is 5.69. The van der Waals surface area contributed by atoms with Crippen LogP contribution in [0.1, 0.15) is 19.2 Å². The quantitative estimate of drug-likeness (QED) is 0.635. The molecule has 1 unspecified atom stereocenters. The summed E-state index contributed by atoms with van der Waals surface area (Å²) in [6.07, 6.45) is 5.01. The van der Waals surface area contributed by atoms with Crippen molar-refractivity contribution in [1.29, 1.82) is 0 Å². The number of fused-ring (bicyclic) bond motifs is 1. The van der Waals surface area contributed by atoms with E-state index in [0.29, 0.717) is 6.54 Å². The van der Waals surface area contributed by atoms with E-state index >= 15 is 0 Å². The van der Waals surface area contributed by atoms with Crippen molar-refractivity contribution in [2.75, 3.05) is 6.54 Å². The molecule has 0 radical (unpaired) electrons. The Bertz CT molecular complexity index is 266. The van der Waals surface area contributed by atoms with Crippen LogP contribution in [0.5, 0.6) is 0 Å². The summed E-state index contributed by atoms with van der Waals surface area (Å²) >= 11 is 0. The first-order valence-electron chi connectivity index (χ1n) is 3.98. The van der Waals surface area contributed by atoms with E-state index in [1.807, 2.05) is 12.4 Å². The lowest BCUT2D eigenvalue weighted by Gasteiger charge is -2.18. The molecule has 3 nitrogen and oxygen atoms in total. The zero-order valence-corrected chi connectivity index (χ0v) is 6.75. The number of aromatic nitrogens is 2. The highest BCUT2D eigenvalue weighted by atomic mass is 15.1. The highest BCUT2D eigenvalue weighted by Crippen LogP contribution is 2.31. The molecule has 0 fully saturated rings. The van der Waals surface area contributed by atoms with Crippen LogP contribution in [0.2, 0.25) is 0 Å². The van der Waals surface area contributed by atoms with Gasteiger partial charge in [0.25, 0.3) is 0 Å². The lowest BCUT2D eigenvalue weighted by molar-refractivity contribution is 0.470. The Morgan fingerprint density at radius 2 is 2.64 bits per heavy atom. The Labute approximate surface area is 66.2 Å². The molecule has 11 heavy (non-hydrogen) atoms. The summed E-state index contributed by atoms with van der Waals surface area (Å²) in [5.41, 5.74) is 5.82. The van der Waals surface area contributed by atoms with Gasteiger partial charge in [0.05, 0.1) is 0 Å². The molecule has 2 N–H and O–H groups in total. The minimum atomic E-state index is 0.128. The summed E-state index contributed by atoms with van der Waals surface area (Å²) in [4.78, 5) is 4.30. The van der Waals surface area contributed by atoms with E-state index in [1.54, 1.807) is 0 Å². The Hall–Kier alpha value is -0.830. The van der Waals surface area contributed by atoms with Gasteiger partial charge >= 0.3 is 0 Å². The summed E-state index contributed by atoms with van der Waals surface area (Å²) in [6, 6.07) is 0. The predicted octanol–water partition coefficient (Wildman–Crippen LogP) is 0.503. The maximum atomic E-state index is 5.69. The standard InChI is InChI=1S/C8H13N3/c1-8(6-9)2-4-11-5-3-10-7(8)11/h3,5H,2,4,6,9H2,1H3. The highest BCUT2D eigenvalue weighted by molar-refractivity contribution is 5.13. The molecule has 0 aromatic carbocycles. The van der Waals surface area contributed by atoms with Crippen LogP contribution < -0.4 is 5.73 Å². The van der Waals surface area contributed by atoms with Crippen LogP contribution in [0, 0.1) is 0 Å². The molecule has 1 aromatic heterocycles. The first-order chi connectivity index (χ1) is 5.26. The van der Waals surface area contributed by atoms with Gasteiger partial charge in [-0.15, -0.1) is 0 Å². The number of hydrogen-bond donors (Lipinski definition) is 1. The van der Waals surface area contributed by atoms with Crippen LogP contribution in [-0.2, 0) is 12.0 Å². The van der Waals surface area contributed by atoms with Gasteiger partial charge in [-0.1, -0.05) is 6.92 Å². The Morgan fingerprint density at radius 1 is 1.82 bits per heavy atom. The van der Waals surface area contributed by atoms with E-state index in [1.165, 1.54) is 0 Å². The molecule has 0 amide bonds. The topological polar surface area (TPSA) is 43.8 Å². The maximum Gasteiger partial charge on any atom is 0.115 e. The van der Waals surface area contributed by atoms with E-state index in [9.17, 15) is 0 Å². The van der Waals surface area contributed by atoms with Crippen molar-refractivity contribution in [1.82, 2.24) is 9.55 Å². The average Bonchev–Trinajstić information content (AvgIpc) is 2.55. The predicted molar refractivity (Wildman–Crippen MR) is 43.3 cm³/mol. The summed E-state index contributed by atoms with van der Waals surface area (Å²) in [7, 11) is 0. The van der Waals surface area contributed by atoms with Gasteiger partial charge in [0.15, 0.2) is 0 Å². The molecule has 1 aliphatic heterocycles. The summed E-state index contributed by atoms with van der Waals surface area (Å²) < 4.78 is 2.19. The Morgan fingerprint density at radius 3 is 3.36 bits per heavy atom. The van der Waals surface area contributed by atoms with E-state index in [0.717, 1.165) is 18.8 Å². The molecule has 1 aromatic rings. The fraction of sp³-hybridized carbons (Fsp3) is 0.625. The van der Waals surface area contributed by atoms with Crippen molar-refractivity contribution in [3.8, 4) is 0 Å². The van der Waals surface area contributed by atoms with Crippen molar-refractivity contribution < 1.29 is 0 Å². The van der Waals surface area contributed by atoms with Gasteiger partial charge in [-0.05, 0) is 6.42 Å². The fourth-order valence-corrected chi connectivity index (χ4v) is 1.68.